The molecular formula is C28H34NO2P. The summed E-state index contributed by atoms with van der Waals surface area (Å²) in [6.45, 7) is 7.04. The number of methoxy groups -OCH3 is 1. The van der Waals surface area contributed by atoms with Crippen LogP contribution in [-0.4, -0.2) is 26.7 Å². The van der Waals surface area contributed by atoms with Crippen molar-refractivity contribution in [2.45, 2.75) is 38.8 Å². The Bertz CT molecular complexity index is 1040. The molecule has 1 atom stereocenters. The van der Waals surface area contributed by atoms with Crippen molar-refractivity contribution in [3.63, 3.8) is 0 Å². The van der Waals surface area contributed by atoms with E-state index in [0.717, 1.165) is 29.9 Å². The molecule has 3 nitrogen and oxygen atoms in total. The molecule has 0 N–H and O–H groups in total. The Kier molecular flexibility index (Phi) is 8.61. The quantitative estimate of drug-likeness (QED) is 0.203. The Labute approximate surface area is 194 Å². The summed E-state index contributed by atoms with van der Waals surface area (Å²) in [4.78, 5) is 4.72. The number of aryl methyl sites for hydroxylation is 1. The van der Waals surface area contributed by atoms with Gasteiger partial charge in [-0.25, -0.2) is 0 Å². The number of hydrogen-bond donors (Lipinski definition) is 0. The number of benzene rings is 3. The molecule has 0 aromatic heterocycles. The number of nitrogens with zero attached hydrogens (tertiary/aromatic N) is 1. The molecule has 0 saturated heterocycles. The average molecular weight is 448 g/mol. The van der Waals surface area contributed by atoms with Crippen LogP contribution < -0.4 is 10.0 Å². The van der Waals surface area contributed by atoms with Crippen LogP contribution >= 0.6 is 8.58 Å². The SMILES string of the molecule is CCC(CC)(Pc1c(C)cccc1C(=NC)c1ccccc1)c1ccccc1OCOC. The van der Waals surface area contributed by atoms with Crippen molar-refractivity contribution in [2.75, 3.05) is 21.0 Å². The fourth-order valence-corrected chi connectivity index (χ4v) is 6.05. The fourth-order valence-electron chi connectivity index (χ4n) is 4.26. The minimum absolute atomic E-state index is 0.0270. The van der Waals surface area contributed by atoms with E-state index in [4.69, 9.17) is 14.5 Å². The predicted molar refractivity (Wildman–Crippen MR) is 138 cm³/mol. The van der Waals surface area contributed by atoms with Gasteiger partial charge in [0.15, 0.2) is 6.79 Å². The normalized spacial score (nSPS) is 12.5. The molecule has 3 aromatic rings. The lowest BCUT2D eigenvalue weighted by Gasteiger charge is -2.35. The minimum Gasteiger partial charge on any atom is -0.467 e. The van der Waals surface area contributed by atoms with Crippen LogP contribution in [0.2, 0.25) is 0 Å². The van der Waals surface area contributed by atoms with E-state index in [2.05, 4.69) is 81.4 Å². The first-order valence-corrected chi connectivity index (χ1v) is 12.2. The van der Waals surface area contributed by atoms with Crippen LogP contribution in [0.3, 0.4) is 0 Å². The van der Waals surface area contributed by atoms with Gasteiger partial charge in [0.1, 0.15) is 5.75 Å². The summed E-state index contributed by atoms with van der Waals surface area (Å²) in [6, 6.07) is 25.5. The second-order valence-corrected chi connectivity index (χ2v) is 9.60. The Balaban J connectivity index is 2.12. The number of hydrogen-bond acceptors (Lipinski definition) is 3. The summed E-state index contributed by atoms with van der Waals surface area (Å²) in [5.41, 5.74) is 5.97. The van der Waals surface area contributed by atoms with E-state index in [1.807, 2.05) is 19.2 Å². The van der Waals surface area contributed by atoms with E-state index in [1.54, 1.807) is 7.11 Å². The summed E-state index contributed by atoms with van der Waals surface area (Å²) < 4.78 is 11.2. The Morgan fingerprint density at radius 1 is 0.906 bits per heavy atom. The van der Waals surface area contributed by atoms with Crippen LogP contribution in [0.5, 0.6) is 5.75 Å². The maximum Gasteiger partial charge on any atom is 0.188 e. The molecule has 0 aliphatic rings. The standard InChI is InChI=1S/C28H34NO2P/c1-6-28(7-2,24-18-11-12-19-25(24)31-20-30-5)32-27-21(3)14-13-17-23(27)26(29-4)22-15-9-8-10-16-22/h8-19,32H,6-7,20H2,1-5H3. The van der Waals surface area contributed by atoms with Crippen molar-refractivity contribution in [3.05, 3.63) is 95.1 Å². The first-order valence-electron chi connectivity index (χ1n) is 11.2. The molecule has 168 valence electrons. The molecule has 32 heavy (non-hydrogen) atoms. The zero-order valence-electron chi connectivity index (χ0n) is 19.8. The van der Waals surface area contributed by atoms with Gasteiger partial charge in [-0.05, 0) is 36.7 Å². The van der Waals surface area contributed by atoms with Crippen LogP contribution in [0.1, 0.15) is 48.9 Å². The molecule has 1 unspecified atom stereocenters. The van der Waals surface area contributed by atoms with Gasteiger partial charge in [-0.2, -0.15) is 0 Å². The third-order valence-corrected chi connectivity index (χ3v) is 8.47. The second-order valence-electron chi connectivity index (χ2n) is 7.90. The molecule has 0 bridgehead atoms. The molecule has 0 radical (unpaired) electrons. The van der Waals surface area contributed by atoms with Crippen molar-refractivity contribution in [1.29, 1.82) is 0 Å². The topological polar surface area (TPSA) is 30.8 Å². The summed E-state index contributed by atoms with van der Waals surface area (Å²) in [7, 11) is 4.13. The first kappa shape index (κ1) is 24.2. The summed E-state index contributed by atoms with van der Waals surface area (Å²) in [5.74, 6) is 0.910. The molecule has 0 spiro atoms. The molecule has 3 rings (SSSR count). The lowest BCUT2D eigenvalue weighted by atomic mass is 9.92. The van der Waals surface area contributed by atoms with Gasteiger partial charge in [-0.1, -0.05) is 89.2 Å². The Hall–Kier alpha value is -2.48. The molecular weight excluding hydrogens is 413 g/mol. The molecule has 0 aliphatic heterocycles. The van der Waals surface area contributed by atoms with E-state index in [9.17, 15) is 0 Å². The van der Waals surface area contributed by atoms with Crippen LogP contribution in [0.4, 0.5) is 0 Å². The maximum absolute atomic E-state index is 5.99. The molecule has 3 aromatic carbocycles. The largest absolute Gasteiger partial charge is 0.467 e. The molecule has 0 heterocycles. The average Bonchev–Trinajstić information content (AvgIpc) is 2.84. The molecule has 4 heteroatoms. The van der Waals surface area contributed by atoms with Crippen molar-refractivity contribution in [1.82, 2.24) is 0 Å². The first-order chi connectivity index (χ1) is 15.6. The monoisotopic (exact) mass is 447 g/mol. The third-order valence-electron chi connectivity index (χ3n) is 6.11. The van der Waals surface area contributed by atoms with Crippen molar-refractivity contribution >= 4 is 19.6 Å². The molecule has 0 amide bonds. The van der Waals surface area contributed by atoms with Gasteiger partial charge in [0.05, 0.1) is 5.71 Å². The molecule has 0 aliphatic carbocycles. The zero-order chi connectivity index (χ0) is 23.0. The summed E-state index contributed by atoms with van der Waals surface area (Å²) in [6.07, 6.45) is 2.04. The van der Waals surface area contributed by atoms with Crippen LogP contribution in [0.25, 0.3) is 0 Å². The van der Waals surface area contributed by atoms with Gasteiger partial charge in [-0.3, -0.25) is 4.99 Å². The maximum atomic E-state index is 5.99. The molecule has 0 fully saturated rings. The lowest BCUT2D eigenvalue weighted by molar-refractivity contribution is 0.0499. The van der Waals surface area contributed by atoms with Gasteiger partial charge in [-0.15, -0.1) is 0 Å². The summed E-state index contributed by atoms with van der Waals surface area (Å²) >= 11 is 0. The van der Waals surface area contributed by atoms with Gasteiger partial charge in [0.25, 0.3) is 0 Å². The van der Waals surface area contributed by atoms with Crippen LogP contribution in [0, 0.1) is 6.92 Å². The zero-order valence-corrected chi connectivity index (χ0v) is 20.8. The number of ether oxygens (including phenoxy) is 2. The van der Waals surface area contributed by atoms with E-state index < -0.39 is 0 Å². The fraction of sp³-hybridized carbons (Fsp3) is 0.321. The third kappa shape index (κ3) is 5.11. The van der Waals surface area contributed by atoms with E-state index in [1.165, 1.54) is 22.0 Å². The molecule has 0 saturated carbocycles. The van der Waals surface area contributed by atoms with Gasteiger partial charge < -0.3 is 9.47 Å². The highest BCUT2D eigenvalue weighted by Gasteiger charge is 2.33. The number of rotatable bonds is 10. The number of para-hydroxylation sites is 1. The highest BCUT2D eigenvalue weighted by molar-refractivity contribution is 7.49. The van der Waals surface area contributed by atoms with Crippen LogP contribution in [0.15, 0.2) is 77.8 Å². The summed E-state index contributed by atoms with van der Waals surface area (Å²) in [5, 5.41) is 1.35. The highest BCUT2D eigenvalue weighted by atomic mass is 31.1. The van der Waals surface area contributed by atoms with E-state index in [-0.39, 0.29) is 11.9 Å². The lowest BCUT2D eigenvalue weighted by Crippen LogP contribution is -2.26. The number of aliphatic imine (C=N–C) groups is 1. The Morgan fingerprint density at radius 3 is 2.25 bits per heavy atom. The van der Waals surface area contributed by atoms with E-state index in [0.29, 0.717) is 8.58 Å². The minimum atomic E-state index is -0.0270. The van der Waals surface area contributed by atoms with E-state index >= 15 is 0 Å². The highest BCUT2D eigenvalue weighted by Crippen LogP contribution is 2.50. The van der Waals surface area contributed by atoms with Crippen LogP contribution in [-0.2, 0) is 9.89 Å². The van der Waals surface area contributed by atoms with Crippen molar-refractivity contribution in [2.24, 2.45) is 4.99 Å². The smallest absolute Gasteiger partial charge is 0.188 e. The second kappa shape index (κ2) is 11.4. The predicted octanol–water partition coefficient (Wildman–Crippen LogP) is 6.46. The Morgan fingerprint density at radius 2 is 1.59 bits per heavy atom. The van der Waals surface area contributed by atoms with Crippen molar-refractivity contribution < 1.29 is 9.47 Å². The van der Waals surface area contributed by atoms with Crippen molar-refractivity contribution in [3.8, 4) is 5.75 Å². The van der Waals surface area contributed by atoms with Gasteiger partial charge in [0, 0.05) is 36.0 Å². The van der Waals surface area contributed by atoms with Gasteiger partial charge in [0.2, 0.25) is 0 Å². The van der Waals surface area contributed by atoms with Gasteiger partial charge >= 0.3 is 0 Å².